The number of hydrogen-bond acceptors (Lipinski definition) is 0. The van der Waals surface area contributed by atoms with Crippen molar-refractivity contribution >= 4 is 6.08 Å². The summed E-state index contributed by atoms with van der Waals surface area (Å²) >= 11 is 0. The molecule has 1 aromatic rings. The summed E-state index contributed by atoms with van der Waals surface area (Å²) in [5.74, 6) is 0.616. The summed E-state index contributed by atoms with van der Waals surface area (Å²) in [5, 5.41) is 0. The van der Waals surface area contributed by atoms with Crippen LogP contribution in [0.5, 0.6) is 0 Å². The van der Waals surface area contributed by atoms with E-state index in [1.165, 1.54) is 31.2 Å². The predicted molar refractivity (Wildman–Crippen MR) is 74.3 cm³/mol. The largest absolute Gasteiger partial charge is 0.0758 e. The maximum absolute atomic E-state index is 2.42. The van der Waals surface area contributed by atoms with E-state index in [0.717, 1.165) is 0 Å². The third kappa shape index (κ3) is 2.31. The summed E-state index contributed by atoms with van der Waals surface area (Å²) in [6.45, 7) is 7.08. The SMILES string of the molecule is CC(C)(C)C1C=Cc2ccc3c(c21)CCCC3.[Hf]. The number of fused-ring (bicyclic) bond motifs is 3. The van der Waals surface area contributed by atoms with Gasteiger partial charge >= 0.3 is 0 Å². The molecule has 0 bridgehead atoms. The van der Waals surface area contributed by atoms with Crippen LogP contribution in [0.1, 0.15) is 61.8 Å². The molecule has 2 aliphatic rings. The van der Waals surface area contributed by atoms with Crippen LogP contribution in [0.2, 0.25) is 0 Å². The van der Waals surface area contributed by atoms with Crippen molar-refractivity contribution in [3.8, 4) is 0 Å². The van der Waals surface area contributed by atoms with Gasteiger partial charge in [0.15, 0.2) is 0 Å². The van der Waals surface area contributed by atoms with Crippen molar-refractivity contribution in [3.05, 3.63) is 40.5 Å². The molecule has 0 aromatic heterocycles. The van der Waals surface area contributed by atoms with E-state index in [1.807, 2.05) is 0 Å². The van der Waals surface area contributed by atoms with Gasteiger partial charge in [-0.3, -0.25) is 0 Å². The zero-order valence-electron chi connectivity index (χ0n) is 11.7. The molecule has 3 rings (SSSR count). The van der Waals surface area contributed by atoms with Gasteiger partial charge in [-0.25, -0.2) is 0 Å². The molecule has 0 heterocycles. The van der Waals surface area contributed by atoms with Crippen molar-refractivity contribution in [2.24, 2.45) is 5.41 Å². The van der Waals surface area contributed by atoms with Crippen LogP contribution in [-0.4, -0.2) is 0 Å². The van der Waals surface area contributed by atoms with Gasteiger partial charge in [-0.1, -0.05) is 45.1 Å². The zero-order chi connectivity index (χ0) is 12.0. The molecule has 0 N–H and O–H groups in total. The quantitative estimate of drug-likeness (QED) is 0.549. The standard InChI is InChI=1S/C17H22.Hf/c1-17(2,3)15-11-10-13-9-8-12-6-4-5-7-14(12)16(13)15;/h8-11,15H,4-7H2,1-3H3;. The second-order valence-electron chi connectivity index (χ2n) is 6.62. The third-order valence-corrected chi connectivity index (χ3v) is 4.32. The first-order chi connectivity index (χ1) is 8.07. The Morgan fingerprint density at radius 2 is 1.78 bits per heavy atom. The van der Waals surface area contributed by atoms with Crippen LogP contribution in [0.4, 0.5) is 0 Å². The van der Waals surface area contributed by atoms with Crippen LogP contribution in [0, 0.1) is 5.41 Å². The number of benzene rings is 1. The molecule has 0 spiro atoms. The van der Waals surface area contributed by atoms with Crippen LogP contribution in [-0.2, 0) is 38.7 Å². The van der Waals surface area contributed by atoms with E-state index in [4.69, 9.17) is 0 Å². The second kappa shape index (κ2) is 5.07. The van der Waals surface area contributed by atoms with Gasteiger partial charge in [-0.15, -0.1) is 0 Å². The van der Waals surface area contributed by atoms with E-state index in [0.29, 0.717) is 11.3 Å². The maximum Gasteiger partial charge on any atom is 0.00786 e. The van der Waals surface area contributed by atoms with E-state index in [1.54, 1.807) is 16.7 Å². The van der Waals surface area contributed by atoms with Gasteiger partial charge in [0.2, 0.25) is 0 Å². The van der Waals surface area contributed by atoms with Crippen molar-refractivity contribution in [2.45, 2.75) is 52.4 Å². The summed E-state index contributed by atoms with van der Waals surface area (Å²) in [5.41, 5.74) is 6.76. The molecule has 2 aliphatic carbocycles. The van der Waals surface area contributed by atoms with Crippen LogP contribution >= 0.6 is 0 Å². The molecule has 0 aliphatic heterocycles. The van der Waals surface area contributed by atoms with E-state index < -0.39 is 0 Å². The summed E-state index contributed by atoms with van der Waals surface area (Å²) in [7, 11) is 0. The molecule has 0 nitrogen and oxygen atoms in total. The summed E-state index contributed by atoms with van der Waals surface area (Å²) < 4.78 is 0. The van der Waals surface area contributed by atoms with Crippen molar-refractivity contribution < 1.29 is 25.8 Å². The smallest absolute Gasteiger partial charge is 0.00786 e. The van der Waals surface area contributed by atoms with Crippen LogP contribution in [0.25, 0.3) is 6.08 Å². The van der Waals surface area contributed by atoms with E-state index >= 15 is 0 Å². The Morgan fingerprint density at radius 1 is 1.06 bits per heavy atom. The van der Waals surface area contributed by atoms with Crippen molar-refractivity contribution in [3.63, 3.8) is 0 Å². The molecule has 1 heteroatoms. The molecule has 1 unspecified atom stereocenters. The Kier molecular flexibility index (Phi) is 4.02. The molecule has 0 radical (unpaired) electrons. The Hall–Kier alpha value is -0.170. The molecular weight excluding hydrogens is 383 g/mol. The Labute approximate surface area is 130 Å². The minimum atomic E-state index is 0. The van der Waals surface area contributed by atoms with E-state index in [-0.39, 0.29) is 25.8 Å². The summed E-state index contributed by atoms with van der Waals surface area (Å²) in [6.07, 6.45) is 10.1. The molecule has 0 saturated heterocycles. The Morgan fingerprint density at radius 3 is 2.50 bits per heavy atom. The zero-order valence-corrected chi connectivity index (χ0v) is 15.3. The first-order valence-corrected chi connectivity index (χ1v) is 6.90. The van der Waals surface area contributed by atoms with Gasteiger partial charge < -0.3 is 0 Å². The fraction of sp³-hybridized carbons (Fsp3) is 0.529. The van der Waals surface area contributed by atoms with Crippen LogP contribution in [0.3, 0.4) is 0 Å². The number of hydrogen-bond donors (Lipinski definition) is 0. The predicted octanol–water partition coefficient (Wildman–Crippen LogP) is 4.72. The summed E-state index contributed by atoms with van der Waals surface area (Å²) in [6, 6.07) is 4.70. The van der Waals surface area contributed by atoms with Crippen molar-refractivity contribution in [1.82, 2.24) is 0 Å². The molecule has 1 atom stereocenters. The van der Waals surface area contributed by atoms with Gasteiger partial charge in [0.25, 0.3) is 0 Å². The minimum absolute atomic E-state index is 0. The molecule has 0 amide bonds. The van der Waals surface area contributed by atoms with Gasteiger partial charge in [0, 0.05) is 31.8 Å². The number of rotatable bonds is 0. The Balaban J connectivity index is 0.00000120. The third-order valence-electron chi connectivity index (χ3n) is 4.32. The van der Waals surface area contributed by atoms with Crippen LogP contribution < -0.4 is 0 Å². The average molecular weight is 405 g/mol. The minimum Gasteiger partial charge on any atom is -0.0758 e. The first-order valence-electron chi connectivity index (χ1n) is 6.90. The summed E-state index contributed by atoms with van der Waals surface area (Å²) in [4.78, 5) is 0. The molecule has 1 aromatic carbocycles. The fourth-order valence-electron chi connectivity index (χ4n) is 3.41. The first kappa shape index (κ1) is 14.2. The monoisotopic (exact) mass is 406 g/mol. The van der Waals surface area contributed by atoms with E-state index in [9.17, 15) is 0 Å². The Bertz CT molecular complexity index is 477. The van der Waals surface area contributed by atoms with Crippen molar-refractivity contribution in [1.29, 1.82) is 0 Å². The topological polar surface area (TPSA) is 0 Å². The number of aryl methyl sites for hydroxylation is 1. The number of allylic oxidation sites excluding steroid dienone is 1. The van der Waals surface area contributed by atoms with Gasteiger partial charge in [-0.05, 0) is 53.4 Å². The van der Waals surface area contributed by atoms with Crippen molar-refractivity contribution in [2.75, 3.05) is 0 Å². The van der Waals surface area contributed by atoms with Gasteiger partial charge in [0.1, 0.15) is 0 Å². The molecule has 0 saturated carbocycles. The second-order valence-corrected chi connectivity index (χ2v) is 6.62. The average Bonchev–Trinajstić information content (AvgIpc) is 2.72. The molecular formula is C17H22Hf. The van der Waals surface area contributed by atoms with Gasteiger partial charge in [-0.2, -0.15) is 0 Å². The van der Waals surface area contributed by atoms with Gasteiger partial charge in [0.05, 0.1) is 0 Å². The normalized spacial score (nSPS) is 21.2. The molecule has 18 heavy (non-hydrogen) atoms. The molecule has 94 valence electrons. The molecule has 0 fully saturated rings. The maximum atomic E-state index is 2.42. The fourth-order valence-corrected chi connectivity index (χ4v) is 3.41. The van der Waals surface area contributed by atoms with E-state index in [2.05, 4.69) is 45.1 Å². The van der Waals surface area contributed by atoms with Crippen LogP contribution in [0.15, 0.2) is 18.2 Å².